The molecule has 0 spiro atoms. The van der Waals surface area contributed by atoms with E-state index in [1.807, 2.05) is 0 Å². The largest absolute Gasteiger partial charge is 0.377 e. The molecular weight excluding hydrogens is 156 g/mol. The fourth-order valence-electron chi connectivity index (χ4n) is 0.693. The summed E-state index contributed by atoms with van der Waals surface area (Å²) in [6.07, 6.45) is 4.88. The van der Waals surface area contributed by atoms with Gasteiger partial charge in [-0.1, -0.05) is 0 Å². The predicted octanol–water partition coefficient (Wildman–Crippen LogP) is 0.510. The molecule has 0 saturated carbocycles. The summed E-state index contributed by atoms with van der Waals surface area (Å²) >= 11 is 0. The molecule has 4 nitrogen and oxygen atoms in total. The van der Waals surface area contributed by atoms with E-state index in [0.717, 1.165) is 26.4 Å². The molecule has 0 N–H and O–H groups in total. The second-order valence-electron chi connectivity index (χ2n) is 2.13. The highest BCUT2D eigenvalue weighted by Gasteiger charge is 1.94. The van der Waals surface area contributed by atoms with E-state index in [4.69, 9.17) is 9.47 Å². The van der Waals surface area contributed by atoms with E-state index in [2.05, 4.69) is 9.97 Å². The topological polar surface area (TPSA) is 44.2 Å². The van der Waals surface area contributed by atoms with Crippen LogP contribution in [0, 0.1) is 0 Å². The van der Waals surface area contributed by atoms with Gasteiger partial charge in [-0.15, -0.1) is 0 Å². The molecular formula is C8H12N2O2. The predicted molar refractivity (Wildman–Crippen MR) is 43.7 cm³/mol. The van der Waals surface area contributed by atoms with Crippen molar-refractivity contribution in [2.75, 3.05) is 26.4 Å². The van der Waals surface area contributed by atoms with Gasteiger partial charge in [0, 0.05) is 12.4 Å². The van der Waals surface area contributed by atoms with Gasteiger partial charge < -0.3 is 9.47 Å². The summed E-state index contributed by atoms with van der Waals surface area (Å²) in [6.45, 7) is 3.11. The summed E-state index contributed by atoms with van der Waals surface area (Å²) in [5, 5.41) is 0. The normalized spacial score (nSPS) is 16.0. The van der Waals surface area contributed by atoms with Gasteiger partial charge in [0.05, 0.1) is 26.4 Å². The van der Waals surface area contributed by atoms with E-state index in [-0.39, 0.29) is 0 Å². The Morgan fingerprint density at radius 3 is 1.50 bits per heavy atom. The third-order valence-electron chi connectivity index (χ3n) is 1.22. The van der Waals surface area contributed by atoms with Crippen LogP contribution in [0.5, 0.6) is 0 Å². The molecule has 0 atom stereocenters. The molecule has 1 aliphatic heterocycles. The highest BCUT2D eigenvalue weighted by molar-refractivity contribution is 4.74. The smallest absolute Gasteiger partial charge is 0.115 e. The van der Waals surface area contributed by atoms with Crippen LogP contribution in [-0.2, 0) is 9.47 Å². The number of hydrogen-bond donors (Lipinski definition) is 0. The monoisotopic (exact) mass is 168 g/mol. The lowest BCUT2D eigenvalue weighted by Crippen LogP contribution is -2.16. The van der Waals surface area contributed by atoms with Crippen LogP contribution >= 0.6 is 0 Å². The van der Waals surface area contributed by atoms with E-state index in [0.29, 0.717) is 0 Å². The Morgan fingerprint density at radius 1 is 0.833 bits per heavy atom. The second kappa shape index (κ2) is 6.69. The zero-order chi connectivity index (χ0) is 8.49. The molecule has 1 aliphatic rings. The van der Waals surface area contributed by atoms with Gasteiger partial charge in [-0.05, 0) is 6.07 Å². The van der Waals surface area contributed by atoms with Crippen molar-refractivity contribution in [1.82, 2.24) is 9.97 Å². The minimum Gasteiger partial charge on any atom is -0.377 e. The molecule has 0 unspecified atom stereocenters. The van der Waals surface area contributed by atoms with Crippen LogP contribution in [0.1, 0.15) is 0 Å². The molecule has 0 aromatic carbocycles. The molecule has 1 fully saturated rings. The molecule has 2 rings (SSSR count). The molecule has 1 aromatic rings. The number of hydrogen-bond acceptors (Lipinski definition) is 4. The zero-order valence-corrected chi connectivity index (χ0v) is 6.85. The Hall–Kier alpha value is -1.00. The molecule has 0 aliphatic carbocycles. The molecule has 4 heteroatoms. The summed E-state index contributed by atoms with van der Waals surface area (Å²) < 4.78 is 9.89. The molecule has 66 valence electrons. The summed E-state index contributed by atoms with van der Waals surface area (Å²) in [5.74, 6) is 0. The van der Waals surface area contributed by atoms with Gasteiger partial charge in [-0.2, -0.15) is 0 Å². The maximum absolute atomic E-state index is 4.94. The highest BCUT2D eigenvalue weighted by Crippen LogP contribution is 1.85. The maximum Gasteiger partial charge on any atom is 0.115 e. The van der Waals surface area contributed by atoms with E-state index in [1.165, 1.54) is 6.33 Å². The van der Waals surface area contributed by atoms with Gasteiger partial charge in [0.15, 0.2) is 0 Å². The van der Waals surface area contributed by atoms with Crippen molar-refractivity contribution in [3.8, 4) is 0 Å². The van der Waals surface area contributed by atoms with E-state index in [9.17, 15) is 0 Å². The number of rotatable bonds is 0. The summed E-state index contributed by atoms with van der Waals surface area (Å²) in [4.78, 5) is 7.35. The lowest BCUT2D eigenvalue weighted by Gasteiger charge is -2.09. The van der Waals surface area contributed by atoms with Gasteiger partial charge in [-0.3, -0.25) is 0 Å². The van der Waals surface area contributed by atoms with Crippen molar-refractivity contribution in [3.63, 3.8) is 0 Å². The first-order valence-electron chi connectivity index (χ1n) is 3.85. The van der Waals surface area contributed by atoms with Crippen molar-refractivity contribution >= 4 is 0 Å². The lowest BCUT2D eigenvalue weighted by atomic mass is 10.6. The summed E-state index contributed by atoms with van der Waals surface area (Å²) in [6, 6.07) is 1.78. The van der Waals surface area contributed by atoms with Gasteiger partial charge in [-0.25, -0.2) is 9.97 Å². The summed E-state index contributed by atoms with van der Waals surface area (Å²) in [5.41, 5.74) is 0. The van der Waals surface area contributed by atoms with Crippen LogP contribution in [0.2, 0.25) is 0 Å². The Labute approximate surface area is 71.6 Å². The zero-order valence-electron chi connectivity index (χ0n) is 6.85. The van der Waals surface area contributed by atoms with Crippen molar-refractivity contribution in [3.05, 3.63) is 24.8 Å². The minimum absolute atomic E-state index is 0.778. The Kier molecular flexibility index (Phi) is 5.07. The fourth-order valence-corrected chi connectivity index (χ4v) is 0.693. The molecule has 0 radical (unpaired) electrons. The molecule has 2 heterocycles. The van der Waals surface area contributed by atoms with Crippen molar-refractivity contribution in [2.24, 2.45) is 0 Å². The SMILES string of the molecule is C1COCCO1.c1cncnc1. The average Bonchev–Trinajstić information content (AvgIpc) is 2.24. The van der Waals surface area contributed by atoms with Gasteiger partial charge >= 0.3 is 0 Å². The molecule has 0 bridgehead atoms. The molecule has 12 heavy (non-hydrogen) atoms. The van der Waals surface area contributed by atoms with Gasteiger partial charge in [0.25, 0.3) is 0 Å². The third kappa shape index (κ3) is 4.76. The second-order valence-corrected chi connectivity index (χ2v) is 2.13. The first kappa shape index (κ1) is 9.09. The minimum atomic E-state index is 0.778. The third-order valence-corrected chi connectivity index (χ3v) is 1.22. The van der Waals surface area contributed by atoms with E-state index < -0.39 is 0 Å². The number of aromatic nitrogens is 2. The highest BCUT2D eigenvalue weighted by atomic mass is 16.6. The van der Waals surface area contributed by atoms with Crippen LogP contribution < -0.4 is 0 Å². The van der Waals surface area contributed by atoms with Crippen LogP contribution in [0.25, 0.3) is 0 Å². The first-order chi connectivity index (χ1) is 6.00. The Morgan fingerprint density at radius 2 is 1.33 bits per heavy atom. The Balaban J connectivity index is 0.000000120. The van der Waals surface area contributed by atoms with Gasteiger partial charge in [0.2, 0.25) is 0 Å². The van der Waals surface area contributed by atoms with Crippen LogP contribution in [-0.4, -0.2) is 36.4 Å². The first-order valence-corrected chi connectivity index (χ1v) is 3.85. The van der Waals surface area contributed by atoms with Crippen LogP contribution in [0.15, 0.2) is 24.8 Å². The van der Waals surface area contributed by atoms with Crippen LogP contribution in [0.4, 0.5) is 0 Å². The van der Waals surface area contributed by atoms with Crippen molar-refractivity contribution in [1.29, 1.82) is 0 Å². The number of nitrogens with zero attached hydrogens (tertiary/aromatic N) is 2. The van der Waals surface area contributed by atoms with Gasteiger partial charge in [0.1, 0.15) is 6.33 Å². The fraction of sp³-hybridized carbons (Fsp3) is 0.500. The Bertz CT molecular complexity index is 139. The maximum atomic E-state index is 4.94. The average molecular weight is 168 g/mol. The van der Waals surface area contributed by atoms with Crippen LogP contribution in [0.3, 0.4) is 0 Å². The quantitative estimate of drug-likeness (QED) is 0.566. The standard InChI is InChI=1S/C4H4N2.C4H8O2/c1-2-5-4-6-3-1;1-2-6-4-3-5-1/h1-4H;1-4H2. The molecule has 1 aromatic heterocycles. The molecule has 1 saturated heterocycles. The van der Waals surface area contributed by atoms with Crippen molar-refractivity contribution < 1.29 is 9.47 Å². The van der Waals surface area contributed by atoms with E-state index in [1.54, 1.807) is 18.5 Å². The van der Waals surface area contributed by atoms with E-state index >= 15 is 0 Å². The number of ether oxygens (including phenoxy) is 2. The summed E-state index contributed by atoms with van der Waals surface area (Å²) in [7, 11) is 0. The lowest BCUT2D eigenvalue weighted by molar-refractivity contribution is -0.0334. The van der Waals surface area contributed by atoms with Crippen molar-refractivity contribution in [2.45, 2.75) is 0 Å². The molecule has 0 amide bonds.